The van der Waals surface area contributed by atoms with Crippen LogP contribution in [-0.4, -0.2) is 6.61 Å². The molecule has 0 unspecified atom stereocenters. The van der Waals surface area contributed by atoms with Crippen molar-refractivity contribution in [1.82, 2.24) is 0 Å². The van der Waals surface area contributed by atoms with E-state index in [1.165, 1.54) is 6.07 Å². The van der Waals surface area contributed by atoms with Crippen LogP contribution in [0.4, 0.5) is 8.78 Å². The van der Waals surface area contributed by atoms with Crippen LogP contribution in [-0.2, 0) is 6.61 Å². The smallest absolute Gasteiger partial charge is 0.161 e. The first-order valence-corrected chi connectivity index (χ1v) is 5.99. The Hall–Kier alpha value is -2.10. The summed E-state index contributed by atoms with van der Waals surface area (Å²) < 4.78 is 36.8. The first kappa shape index (κ1) is 13.3. The molecule has 0 amide bonds. The first-order valence-electron chi connectivity index (χ1n) is 5.99. The van der Waals surface area contributed by atoms with Crippen LogP contribution in [0.1, 0.15) is 12.5 Å². The molecule has 2 aromatic carbocycles. The van der Waals surface area contributed by atoms with Gasteiger partial charge in [0.1, 0.15) is 6.61 Å². The minimum absolute atomic E-state index is 0.154. The van der Waals surface area contributed by atoms with Crippen molar-refractivity contribution >= 4 is 0 Å². The Kier molecular flexibility index (Phi) is 4.34. The summed E-state index contributed by atoms with van der Waals surface area (Å²) >= 11 is 0. The fourth-order valence-corrected chi connectivity index (χ4v) is 1.63. The summed E-state index contributed by atoms with van der Waals surface area (Å²) in [7, 11) is 0. The number of rotatable bonds is 5. The standard InChI is InChI=1S/C15H14F2O2/c1-2-18-14-5-3-4-6-15(14)19-10-11-7-8-12(16)13(17)9-11/h3-9H,2,10H2,1H3. The van der Waals surface area contributed by atoms with Gasteiger partial charge in [-0.2, -0.15) is 0 Å². The van der Waals surface area contributed by atoms with E-state index in [4.69, 9.17) is 9.47 Å². The molecule has 0 bridgehead atoms. The van der Waals surface area contributed by atoms with Crippen molar-refractivity contribution in [3.05, 3.63) is 59.7 Å². The zero-order valence-corrected chi connectivity index (χ0v) is 10.5. The summed E-state index contributed by atoms with van der Waals surface area (Å²) in [4.78, 5) is 0. The molecule has 0 aliphatic carbocycles. The highest BCUT2D eigenvalue weighted by Crippen LogP contribution is 2.27. The van der Waals surface area contributed by atoms with E-state index in [0.29, 0.717) is 23.7 Å². The van der Waals surface area contributed by atoms with Gasteiger partial charge in [-0.15, -0.1) is 0 Å². The number of hydrogen-bond donors (Lipinski definition) is 0. The Balaban J connectivity index is 2.07. The molecule has 19 heavy (non-hydrogen) atoms. The predicted molar refractivity (Wildman–Crippen MR) is 68.3 cm³/mol. The molecule has 100 valence electrons. The molecule has 0 heterocycles. The van der Waals surface area contributed by atoms with Crippen molar-refractivity contribution in [2.75, 3.05) is 6.61 Å². The van der Waals surface area contributed by atoms with Crippen LogP contribution >= 0.6 is 0 Å². The summed E-state index contributed by atoms with van der Waals surface area (Å²) in [5, 5.41) is 0. The van der Waals surface area contributed by atoms with Gasteiger partial charge in [-0.1, -0.05) is 18.2 Å². The molecule has 2 nitrogen and oxygen atoms in total. The first-order chi connectivity index (χ1) is 9.20. The van der Waals surface area contributed by atoms with Gasteiger partial charge in [0, 0.05) is 0 Å². The summed E-state index contributed by atoms with van der Waals surface area (Å²) in [6.07, 6.45) is 0. The number of ether oxygens (including phenoxy) is 2. The fraction of sp³-hybridized carbons (Fsp3) is 0.200. The molecule has 0 saturated carbocycles. The Morgan fingerprint density at radius 1 is 0.895 bits per heavy atom. The van der Waals surface area contributed by atoms with Gasteiger partial charge in [-0.05, 0) is 36.8 Å². The SMILES string of the molecule is CCOc1ccccc1OCc1ccc(F)c(F)c1. The molecule has 0 fully saturated rings. The van der Waals surface area contributed by atoms with E-state index in [9.17, 15) is 8.78 Å². The highest BCUT2D eigenvalue weighted by atomic mass is 19.2. The van der Waals surface area contributed by atoms with Gasteiger partial charge in [0.05, 0.1) is 6.61 Å². The van der Waals surface area contributed by atoms with Crippen molar-refractivity contribution in [3.8, 4) is 11.5 Å². The van der Waals surface area contributed by atoms with Crippen LogP contribution in [0.2, 0.25) is 0 Å². The van der Waals surface area contributed by atoms with E-state index in [1.807, 2.05) is 19.1 Å². The third kappa shape index (κ3) is 3.44. The topological polar surface area (TPSA) is 18.5 Å². The van der Waals surface area contributed by atoms with Gasteiger partial charge in [0.15, 0.2) is 23.1 Å². The molecule has 2 rings (SSSR count). The number of hydrogen-bond acceptors (Lipinski definition) is 2. The maximum atomic E-state index is 13.0. The van der Waals surface area contributed by atoms with Gasteiger partial charge < -0.3 is 9.47 Å². The second kappa shape index (κ2) is 6.18. The van der Waals surface area contributed by atoms with Gasteiger partial charge in [0.2, 0.25) is 0 Å². The van der Waals surface area contributed by atoms with Crippen LogP contribution < -0.4 is 9.47 Å². The van der Waals surface area contributed by atoms with E-state index < -0.39 is 11.6 Å². The average Bonchev–Trinajstić information content (AvgIpc) is 2.42. The van der Waals surface area contributed by atoms with Gasteiger partial charge in [0.25, 0.3) is 0 Å². The maximum absolute atomic E-state index is 13.0. The number of halogens is 2. The van der Waals surface area contributed by atoms with Gasteiger partial charge in [-0.25, -0.2) is 8.78 Å². The molecule has 0 N–H and O–H groups in total. The lowest BCUT2D eigenvalue weighted by atomic mass is 10.2. The van der Waals surface area contributed by atoms with E-state index >= 15 is 0 Å². The molecular formula is C15H14F2O2. The quantitative estimate of drug-likeness (QED) is 0.814. The minimum Gasteiger partial charge on any atom is -0.490 e. The second-order valence-corrected chi connectivity index (χ2v) is 3.92. The summed E-state index contributed by atoms with van der Waals surface area (Å²) in [5.74, 6) is -0.528. The monoisotopic (exact) mass is 264 g/mol. The van der Waals surface area contributed by atoms with E-state index in [1.54, 1.807) is 12.1 Å². The van der Waals surface area contributed by atoms with Crippen LogP contribution in [0.5, 0.6) is 11.5 Å². The largest absolute Gasteiger partial charge is 0.490 e. The number of para-hydroxylation sites is 2. The summed E-state index contributed by atoms with van der Waals surface area (Å²) in [6, 6.07) is 10.9. The number of benzene rings is 2. The second-order valence-electron chi connectivity index (χ2n) is 3.92. The zero-order chi connectivity index (χ0) is 13.7. The summed E-state index contributed by atoms with van der Waals surface area (Å²) in [5.41, 5.74) is 0.560. The molecule has 2 aromatic rings. The maximum Gasteiger partial charge on any atom is 0.161 e. The highest BCUT2D eigenvalue weighted by Gasteiger charge is 2.06. The van der Waals surface area contributed by atoms with Crippen LogP contribution in [0, 0.1) is 11.6 Å². The molecule has 0 spiro atoms. The van der Waals surface area contributed by atoms with Crippen molar-refractivity contribution < 1.29 is 18.3 Å². The molecule has 0 aliphatic heterocycles. The molecule has 0 atom stereocenters. The van der Waals surface area contributed by atoms with Crippen molar-refractivity contribution in [2.24, 2.45) is 0 Å². The van der Waals surface area contributed by atoms with Gasteiger partial charge >= 0.3 is 0 Å². The van der Waals surface area contributed by atoms with Crippen molar-refractivity contribution in [2.45, 2.75) is 13.5 Å². The minimum atomic E-state index is -0.876. The molecular weight excluding hydrogens is 250 g/mol. The normalized spacial score (nSPS) is 10.3. The molecule has 0 radical (unpaired) electrons. The lowest BCUT2D eigenvalue weighted by Gasteiger charge is -2.11. The third-order valence-electron chi connectivity index (χ3n) is 2.53. The van der Waals surface area contributed by atoms with Crippen LogP contribution in [0.15, 0.2) is 42.5 Å². The van der Waals surface area contributed by atoms with E-state index in [-0.39, 0.29) is 6.61 Å². The van der Waals surface area contributed by atoms with E-state index in [2.05, 4.69) is 0 Å². The molecule has 0 aromatic heterocycles. The van der Waals surface area contributed by atoms with Crippen molar-refractivity contribution in [1.29, 1.82) is 0 Å². The van der Waals surface area contributed by atoms with Gasteiger partial charge in [-0.3, -0.25) is 0 Å². The third-order valence-corrected chi connectivity index (χ3v) is 2.53. The Morgan fingerprint density at radius 2 is 1.58 bits per heavy atom. The lowest BCUT2D eigenvalue weighted by Crippen LogP contribution is -2.00. The average molecular weight is 264 g/mol. The van der Waals surface area contributed by atoms with Crippen LogP contribution in [0.3, 0.4) is 0 Å². The Bertz CT molecular complexity index is 556. The predicted octanol–water partition coefficient (Wildman–Crippen LogP) is 3.94. The Morgan fingerprint density at radius 3 is 2.21 bits per heavy atom. The zero-order valence-electron chi connectivity index (χ0n) is 10.5. The van der Waals surface area contributed by atoms with E-state index in [0.717, 1.165) is 12.1 Å². The molecule has 0 aliphatic rings. The summed E-state index contributed by atoms with van der Waals surface area (Å²) in [6.45, 7) is 2.57. The molecule has 4 heteroatoms. The fourth-order valence-electron chi connectivity index (χ4n) is 1.63. The Labute approximate surface area is 110 Å². The van der Waals surface area contributed by atoms with Crippen molar-refractivity contribution in [3.63, 3.8) is 0 Å². The highest BCUT2D eigenvalue weighted by molar-refractivity contribution is 5.39. The van der Waals surface area contributed by atoms with Crippen LogP contribution in [0.25, 0.3) is 0 Å². The lowest BCUT2D eigenvalue weighted by molar-refractivity contribution is 0.269. The molecule has 0 saturated heterocycles.